The molecule has 0 aliphatic heterocycles. The molecule has 2 aromatic carbocycles. The van der Waals surface area contributed by atoms with E-state index in [0.717, 1.165) is 33.9 Å². The molecule has 102 valence electrons. The number of nitriles is 1. The molecule has 3 aromatic rings. The molecule has 1 aromatic heterocycles. The van der Waals surface area contributed by atoms with Gasteiger partial charge in [-0.05, 0) is 30.2 Å². The zero-order valence-corrected chi connectivity index (χ0v) is 11.9. The standard InChI is InChI=1S/C17H12ClN3/c18-13-6-2-1-5-11(13)12-9-17(12,10-19)16-20-14-7-3-4-8-15(14)21-16/h1-8,12H,9H2,(H,20,21)/t12-,17-/m1/s1. The maximum atomic E-state index is 9.70. The van der Waals surface area contributed by atoms with Gasteiger partial charge < -0.3 is 4.98 Å². The lowest BCUT2D eigenvalue weighted by Crippen LogP contribution is -2.09. The number of halogens is 1. The number of H-pyrrole nitrogens is 1. The number of fused-ring (bicyclic) bond motifs is 1. The lowest BCUT2D eigenvalue weighted by molar-refractivity contribution is 0.790. The Labute approximate surface area is 127 Å². The quantitative estimate of drug-likeness (QED) is 0.771. The second-order valence-corrected chi connectivity index (χ2v) is 5.87. The fourth-order valence-corrected chi connectivity index (χ4v) is 3.27. The van der Waals surface area contributed by atoms with Crippen molar-refractivity contribution in [2.75, 3.05) is 0 Å². The molecule has 1 heterocycles. The largest absolute Gasteiger partial charge is 0.341 e. The minimum atomic E-state index is -0.579. The van der Waals surface area contributed by atoms with Gasteiger partial charge in [0, 0.05) is 10.9 Å². The highest BCUT2D eigenvalue weighted by Crippen LogP contribution is 2.60. The first-order chi connectivity index (χ1) is 10.2. The van der Waals surface area contributed by atoms with Gasteiger partial charge in [-0.1, -0.05) is 41.9 Å². The summed E-state index contributed by atoms with van der Waals surface area (Å²) in [6.07, 6.45) is 0.757. The van der Waals surface area contributed by atoms with Gasteiger partial charge in [0.15, 0.2) is 0 Å². The molecular weight excluding hydrogens is 282 g/mol. The Hall–Kier alpha value is -2.31. The third kappa shape index (κ3) is 1.76. The third-order valence-electron chi connectivity index (χ3n) is 4.25. The van der Waals surface area contributed by atoms with Crippen molar-refractivity contribution in [3.05, 3.63) is 64.9 Å². The summed E-state index contributed by atoms with van der Waals surface area (Å²) in [5.41, 5.74) is 2.31. The Morgan fingerprint density at radius 2 is 1.95 bits per heavy atom. The molecule has 0 unspecified atom stereocenters. The molecule has 0 amide bonds. The van der Waals surface area contributed by atoms with Crippen LogP contribution < -0.4 is 0 Å². The van der Waals surface area contributed by atoms with Crippen molar-refractivity contribution in [3.8, 4) is 6.07 Å². The number of hydrogen-bond acceptors (Lipinski definition) is 2. The number of nitrogens with one attached hydrogen (secondary N) is 1. The summed E-state index contributed by atoms with van der Waals surface area (Å²) in [5.74, 6) is 0.855. The van der Waals surface area contributed by atoms with Crippen LogP contribution in [-0.2, 0) is 5.41 Å². The first-order valence-corrected chi connectivity index (χ1v) is 7.23. The van der Waals surface area contributed by atoms with Gasteiger partial charge in [0.1, 0.15) is 11.2 Å². The van der Waals surface area contributed by atoms with Gasteiger partial charge in [0.2, 0.25) is 0 Å². The maximum absolute atomic E-state index is 9.70. The number of para-hydroxylation sites is 2. The normalized spacial score (nSPS) is 23.9. The minimum absolute atomic E-state index is 0.108. The van der Waals surface area contributed by atoms with Gasteiger partial charge in [-0.2, -0.15) is 5.26 Å². The first kappa shape index (κ1) is 12.4. The van der Waals surface area contributed by atoms with E-state index in [2.05, 4.69) is 16.0 Å². The number of hydrogen-bond donors (Lipinski definition) is 1. The molecule has 0 spiro atoms. The molecule has 2 atom stereocenters. The van der Waals surface area contributed by atoms with Crippen LogP contribution in [-0.4, -0.2) is 9.97 Å². The predicted molar refractivity (Wildman–Crippen MR) is 82.2 cm³/mol. The van der Waals surface area contributed by atoms with Crippen LogP contribution in [0.4, 0.5) is 0 Å². The average Bonchev–Trinajstić information content (AvgIpc) is 3.09. The van der Waals surface area contributed by atoms with Crippen molar-refractivity contribution in [3.63, 3.8) is 0 Å². The van der Waals surface area contributed by atoms with E-state index >= 15 is 0 Å². The van der Waals surface area contributed by atoms with E-state index in [4.69, 9.17) is 11.6 Å². The molecule has 4 heteroatoms. The fourth-order valence-electron chi connectivity index (χ4n) is 3.00. The van der Waals surface area contributed by atoms with Gasteiger partial charge in [-0.15, -0.1) is 0 Å². The molecule has 3 nitrogen and oxygen atoms in total. The van der Waals surface area contributed by atoms with Gasteiger partial charge in [0.05, 0.1) is 17.1 Å². The summed E-state index contributed by atoms with van der Waals surface area (Å²) < 4.78 is 0. The Morgan fingerprint density at radius 3 is 2.71 bits per heavy atom. The van der Waals surface area contributed by atoms with Crippen LogP contribution in [0.5, 0.6) is 0 Å². The molecule has 1 aliphatic rings. The number of benzene rings is 2. The molecule has 4 rings (SSSR count). The van der Waals surface area contributed by atoms with Crippen LogP contribution in [0.25, 0.3) is 11.0 Å². The summed E-state index contributed by atoms with van der Waals surface area (Å²) in [6.45, 7) is 0. The number of aromatic amines is 1. The van der Waals surface area contributed by atoms with E-state index in [0.29, 0.717) is 0 Å². The summed E-state index contributed by atoms with van der Waals surface area (Å²) in [6, 6.07) is 18.0. The molecular formula is C17H12ClN3. The molecule has 0 saturated heterocycles. The smallest absolute Gasteiger partial charge is 0.128 e. The summed E-state index contributed by atoms with van der Waals surface area (Å²) in [5, 5.41) is 10.4. The second-order valence-electron chi connectivity index (χ2n) is 5.46. The number of rotatable bonds is 2. The summed E-state index contributed by atoms with van der Waals surface area (Å²) in [7, 11) is 0. The average molecular weight is 294 g/mol. The van der Waals surface area contributed by atoms with E-state index in [1.54, 1.807) is 0 Å². The van der Waals surface area contributed by atoms with Crippen molar-refractivity contribution in [2.45, 2.75) is 17.8 Å². The van der Waals surface area contributed by atoms with Crippen molar-refractivity contribution in [2.24, 2.45) is 0 Å². The van der Waals surface area contributed by atoms with E-state index in [1.165, 1.54) is 0 Å². The molecule has 0 bridgehead atoms. The van der Waals surface area contributed by atoms with Gasteiger partial charge in [-0.25, -0.2) is 4.98 Å². The number of aromatic nitrogens is 2. The molecule has 1 fully saturated rings. The second kappa shape index (κ2) is 4.34. The van der Waals surface area contributed by atoms with E-state index in [1.807, 2.05) is 48.5 Å². The monoisotopic (exact) mass is 293 g/mol. The topological polar surface area (TPSA) is 52.5 Å². The predicted octanol–water partition coefficient (Wildman–Crippen LogP) is 4.17. The highest BCUT2D eigenvalue weighted by molar-refractivity contribution is 6.31. The van der Waals surface area contributed by atoms with E-state index in [9.17, 15) is 5.26 Å². The van der Waals surface area contributed by atoms with Gasteiger partial charge >= 0.3 is 0 Å². The molecule has 1 saturated carbocycles. The SMILES string of the molecule is N#C[C@]1(c2nc3ccccc3[nH]2)C[C@@H]1c1ccccc1Cl. The Morgan fingerprint density at radius 1 is 1.19 bits per heavy atom. The fraction of sp³-hybridized carbons (Fsp3) is 0.176. The molecule has 21 heavy (non-hydrogen) atoms. The van der Waals surface area contributed by atoms with Gasteiger partial charge in [-0.3, -0.25) is 0 Å². The van der Waals surface area contributed by atoms with Crippen molar-refractivity contribution in [1.29, 1.82) is 5.26 Å². The van der Waals surface area contributed by atoms with E-state index < -0.39 is 5.41 Å². The Bertz CT molecular complexity index is 844. The van der Waals surface area contributed by atoms with Gasteiger partial charge in [0.25, 0.3) is 0 Å². The Balaban J connectivity index is 1.80. The lowest BCUT2D eigenvalue weighted by atomic mass is 10.00. The maximum Gasteiger partial charge on any atom is 0.128 e. The lowest BCUT2D eigenvalue weighted by Gasteiger charge is -2.07. The van der Waals surface area contributed by atoms with Crippen molar-refractivity contribution < 1.29 is 0 Å². The highest BCUT2D eigenvalue weighted by atomic mass is 35.5. The zero-order chi connectivity index (χ0) is 14.4. The number of nitrogens with zero attached hydrogens (tertiary/aromatic N) is 2. The molecule has 1 aliphatic carbocycles. The third-order valence-corrected chi connectivity index (χ3v) is 4.60. The molecule has 1 N–H and O–H groups in total. The van der Waals surface area contributed by atoms with E-state index in [-0.39, 0.29) is 5.92 Å². The minimum Gasteiger partial charge on any atom is -0.341 e. The first-order valence-electron chi connectivity index (χ1n) is 6.85. The highest BCUT2D eigenvalue weighted by Gasteiger charge is 2.59. The summed E-state index contributed by atoms with van der Waals surface area (Å²) in [4.78, 5) is 7.89. The van der Waals surface area contributed by atoms with Crippen LogP contribution in [0.2, 0.25) is 5.02 Å². The van der Waals surface area contributed by atoms with Crippen LogP contribution >= 0.6 is 11.6 Å². The zero-order valence-electron chi connectivity index (χ0n) is 11.2. The van der Waals surface area contributed by atoms with Crippen molar-refractivity contribution >= 4 is 22.6 Å². The van der Waals surface area contributed by atoms with Crippen LogP contribution in [0.15, 0.2) is 48.5 Å². The summed E-state index contributed by atoms with van der Waals surface area (Å²) >= 11 is 6.27. The van der Waals surface area contributed by atoms with Crippen LogP contribution in [0.1, 0.15) is 23.7 Å². The molecule has 0 radical (unpaired) electrons. The Kier molecular flexibility index (Phi) is 2.57. The van der Waals surface area contributed by atoms with Crippen LogP contribution in [0, 0.1) is 11.3 Å². The van der Waals surface area contributed by atoms with Crippen LogP contribution in [0.3, 0.4) is 0 Å². The van der Waals surface area contributed by atoms with Crippen molar-refractivity contribution in [1.82, 2.24) is 9.97 Å². The number of imidazole rings is 1.